The summed E-state index contributed by atoms with van der Waals surface area (Å²) in [6.45, 7) is 3.84. The molecule has 0 atom stereocenters. The Balaban J connectivity index is 1.58. The number of benzene rings is 1. The summed E-state index contributed by atoms with van der Waals surface area (Å²) in [6.07, 6.45) is 0.818. The van der Waals surface area contributed by atoms with Crippen LogP contribution in [0, 0.1) is 6.92 Å². The number of sulfonamides is 1. The lowest BCUT2D eigenvalue weighted by Crippen LogP contribution is -2.11. The predicted molar refractivity (Wildman–Crippen MR) is 105 cm³/mol. The number of rotatable bonds is 5. The fourth-order valence-electron chi connectivity index (χ4n) is 2.66. The number of aryl methyl sites for hydroxylation is 2. The Bertz CT molecular complexity index is 1210. The van der Waals surface area contributed by atoms with Crippen LogP contribution in [0.25, 0.3) is 16.9 Å². The third-order valence-corrected chi connectivity index (χ3v) is 7.20. The lowest BCUT2D eigenvalue weighted by Gasteiger charge is -2.07. The van der Waals surface area contributed by atoms with Gasteiger partial charge < -0.3 is 0 Å². The molecular weight excluding hydrogens is 382 g/mol. The largest absolute Gasteiger partial charge is 0.279 e. The molecule has 0 spiro atoms. The van der Waals surface area contributed by atoms with Crippen molar-refractivity contribution in [2.75, 3.05) is 4.72 Å². The number of hydrogen-bond acceptors (Lipinski definition) is 6. The standard InChI is InChI=1S/C18H17N5O2S2/c1-3-15-8-11-18(26-15)27(24,25)22-14-6-4-13(5-7-14)16-9-10-17-20-19-12(2)23(17)21-16/h4-11,22H,3H2,1-2H3. The van der Waals surface area contributed by atoms with E-state index in [4.69, 9.17) is 0 Å². The highest BCUT2D eigenvalue weighted by Gasteiger charge is 2.17. The van der Waals surface area contributed by atoms with Crippen molar-refractivity contribution in [3.63, 3.8) is 0 Å². The molecule has 3 heterocycles. The first-order chi connectivity index (χ1) is 13.0. The molecule has 0 radical (unpaired) electrons. The average Bonchev–Trinajstić information content (AvgIpc) is 3.29. The molecule has 0 fully saturated rings. The summed E-state index contributed by atoms with van der Waals surface area (Å²) in [7, 11) is -3.57. The van der Waals surface area contributed by atoms with Crippen molar-refractivity contribution in [1.82, 2.24) is 19.8 Å². The number of thiophene rings is 1. The zero-order valence-electron chi connectivity index (χ0n) is 14.7. The molecule has 0 aliphatic heterocycles. The Labute approximate surface area is 160 Å². The van der Waals surface area contributed by atoms with Gasteiger partial charge in [0.1, 0.15) is 4.21 Å². The van der Waals surface area contributed by atoms with Crippen LogP contribution in [0.4, 0.5) is 5.69 Å². The van der Waals surface area contributed by atoms with Crippen molar-refractivity contribution in [3.05, 3.63) is 59.2 Å². The number of fused-ring (bicyclic) bond motifs is 1. The van der Waals surface area contributed by atoms with Crippen LogP contribution in [0.1, 0.15) is 17.6 Å². The van der Waals surface area contributed by atoms with Crippen LogP contribution in [0.15, 0.2) is 52.7 Å². The molecule has 0 amide bonds. The van der Waals surface area contributed by atoms with E-state index >= 15 is 0 Å². The van der Waals surface area contributed by atoms with Crippen LogP contribution in [0.5, 0.6) is 0 Å². The topological polar surface area (TPSA) is 89.2 Å². The molecule has 3 aromatic heterocycles. The zero-order valence-corrected chi connectivity index (χ0v) is 16.4. The quantitative estimate of drug-likeness (QED) is 0.555. The van der Waals surface area contributed by atoms with Gasteiger partial charge in [-0.05, 0) is 49.7 Å². The van der Waals surface area contributed by atoms with E-state index in [1.807, 2.05) is 44.2 Å². The second-order valence-corrected chi connectivity index (χ2v) is 9.07. The van der Waals surface area contributed by atoms with Gasteiger partial charge in [-0.15, -0.1) is 21.5 Å². The zero-order chi connectivity index (χ0) is 19.0. The smallest absolute Gasteiger partial charge is 0.271 e. The Kier molecular flexibility index (Phi) is 4.40. The summed E-state index contributed by atoms with van der Waals surface area (Å²) in [6, 6.07) is 14.3. The fraction of sp³-hybridized carbons (Fsp3) is 0.167. The van der Waals surface area contributed by atoms with Crippen LogP contribution in [-0.4, -0.2) is 28.2 Å². The van der Waals surface area contributed by atoms with Crippen molar-refractivity contribution in [2.24, 2.45) is 0 Å². The van der Waals surface area contributed by atoms with Crippen LogP contribution >= 0.6 is 11.3 Å². The van der Waals surface area contributed by atoms with E-state index in [1.165, 1.54) is 11.3 Å². The van der Waals surface area contributed by atoms with Gasteiger partial charge >= 0.3 is 0 Å². The number of nitrogens with one attached hydrogen (secondary N) is 1. The first-order valence-corrected chi connectivity index (χ1v) is 10.7. The molecule has 0 unspecified atom stereocenters. The Hall–Kier alpha value is -2.78. The van der Waals surface area contributed by atoms with E-state index in [0.717, 1.165) is 22.6 Å². The van der Waals surface area contributed by atoms with Crippen LogP contribution in [0.3, 0.4) is 0 Å². The molecule has 4 rings (SSSR count). The highest BCUT2D eigenvalue weighted by atomic mass is 32.2. The van der Waals surface area contributed by atoms with Gasteiger partial charge in [-0.3, -0.25) is 4.72 Å². The highest BCUT2D eigenvalue weighted by molar-refractivity contribution is 7.94. The van der Waals surface area contributed by atoms with Gasteiger partial charge in [0.2, 0.25) is 0 Å². The van der Waals surface area contributed by atoms with Crippen molar-refractivity contribution >= 4 is 32.7 Å². The van der Waals surface area contributed by atoms with E-state index in [-0.39, 0.29) is 0 Å². The lowest BCUT2D eigenvalue weighted by molar-refractivity contribution is 0.603. The fourth-order valence-corrected chi connectivity index (χ4v) is 5.01. The molecule has 0 saturated heterocycles. The molecule has 1 N–H and O–H groups in total. The summed E-state index contributed by atoms with van der Waals surface area (Å²) < 4.78 is 29.6. The molecule has 0 aliphatic rings. The minimum atomic E-state index is -3.57. The van der Waals surface area contributed by atoms with Crippen LogP contribution in [0.2, 0.25) is 0 Å². The summed E-state index contributed by atoms with van der Waals surface area (Å²) in [5.41, 5.74) is 2.82. The van der Waals surface area contributed by atoms with Crippen molar-refractivity contribution in [2.45, 2.75) is 24.5 Å². The first kappa shape index (κ1) is 17.6. The van der Waals surface area contributed by atoms with E-state index in [1.54, 1.807) is 22.7 Å². The highest BCUT2D eigenvalue weighted by Crippen LogP contribution is 2.26. The number of anilines is 1. The Morgan fingerprint density at radius 1 is 1.04 bits per heavy atom. The van der Waals surface area contributed by atoms with Gasteiger partial charge in [0.25, 0.3) is 10.0 Å². The summed E-state index contributed by atoms with van der Waals surface area (Å²) in [4.78, 5) is 1.04. The van der Waals surface area contributed by atoms with Gasteiger partial charge in [-0.25, -0.2) is 8.42 Å². The molecule has 27 heavy (non-hydrogen) atoms. The molecule has 138 valence electrons. The summed E-state index contributed by atoms with van der Waals surface area (Å²) in [5.74, 6) is 0.707. The van der Waals surface area contributed by atoms with E-state index < -0.39 is 10.0 Å². The number of hydrogen-bond donors (Lipinski definition) is 1. The number of nitrogens with zero attached hydrogens (tertiary/aromatic N) is 4. The maximum Gasteiger partial charge on any atom is 0.271 e. The van der Waals surface area contributed by atoms with Gasteiger partial charge in [0.15, 0.2) is 11.5 Å². The van der Waals surface area contributed by atoms with E-state index in [2.05, 4.69) is 20.0 Å². The van der Waals surface area contributed by atoms with Gasteiger partial charge in [0.05, 0.1) is 5.69 Å². The minimum Gasteiger partial charge on any atom is -0.279 e. The Morgan fingerprint density at radius 2 is 1.81 bits per heavy atom. The van der Waals surface area contributed by atoms with Crippen molar-refractivity contribution in [3.8, 4) is 11.3 Å². The normalized spacial score (nSPS) is 11.8. The van der Waals surface area contributed by atoms with E-state index in [9.17, 15) is 8.42 Å². The molecule has 9 heteroatoms. The molecule has 0 bridgehead atoms. The first-order valence-electron chi connectivity index (χ1n) is 8.37. The van der Waals surface area contributed by atoms with Gasteiger partial charge in [-0.2, -0.15) is 9.61 Å². The molecular formula is C18H17N5O2S2. The molecule has 7 nitrogen and oxygen atoms in total. The monoisotopic (exact) mass is 399 g/mol. The number of aromatic nitrogens is 4. The average molecular weight is 400 g/mol. The molecule has 1 aromatic carbocycles. The predicted octanol–water partition coefficient (Wildman–Crippen LogP) is 3.52. The van der Waals surface area contributed by atoms with Crippen molar-refractivity contribution in [1.29, 1.82) is 0 Å². The van der Waals surface area contributed by atoms with Crippen LogP contribution in [-0.2, 0) is 16.4 Å². The molecule has 0 saturated carbocycles. The third kappa shape index (κ3) is 3.43. The van der Waals surface area contributed by atoms with Crippen LogP contribution < -0.4 is 4.72 Å². The van der Waals surface area contributed by atoms with Gasteiger partial charge in [0, 0.05) is 16.1 Å². The minimum absolute atomic E-state index is 0.318. The van der Waals surface area contributed by atoms with Gasteiger partial charge in [-0.1, -0.05) is 19.1 Å². The second-order valence-electron chi connectivity index (χ2n) is 5.99. The molecule has 0 aliphatic carbocycles. The summed E-state index contributed by atoms with van der Waals surface area (Å²) >= 11 is 1.29. The van der Waals surface area contributed by atoms with E-state index in [0.29, 0.717) is 21.4 Å². The summed E-state index contributed by atoms with van der Waals surface area (Å²) in [5, 5.41) is 12.5. The molecule has 4 aromatic rings. The second kappa shape index (κ2) is 6.75. The Morgan fingerprint density at radius 3 is 2.52 bits per heavy atom. The maximum absolute atomic E-state index is 12.5. The maximum atomic E-state index is 12.5. The van der Waals surface area contributed by atoms with Crippen molar-refractivity contribution < 1.29 is 8.42 Å². The third-order valence-electron chi connectivity index (χ3n) is 4.10. The lowest BCUT2D eigenvalue weighted by atomic mass is 10.1. The SMILES string of the molecule is CCc1ccc(S(=O)(=O)Nc2ccc(-c3ccc4nnc(C)n4n3)cc2)s1.